The molecule has 18 heavy (non-hydrogen) atoms. The van der Waals surface area contributed by atoms with Crippen molar-refractivity contribution >= 4 is 15.9 Å². The lowest BCUT2D eigenvalue weighted by molar-refractivity contribution is -0.130. The molecule has 1 heterocycles. The fourth-order valence-electron chi connectivity index (χ4n) is 2.34. The number of carbonyl (C=O) groups is 1. The lowest BCUT2D eigenvalue weighted by atomic mass is 9.86. The Balaban J connectivity index is 2.72. The van der Waals surface area contributed by atoms with Gasteiger partial charge in [-0.1, -0.05) is 0 Å². The smallest absolute Gasteiger partial charge is 0.219 e. The maximum Gasteiger partial charge on any atom is 0.219 e. The van der Waals surface area contributed by atoms with E-state index in [-0.39, 0.29) is 5.91 Å². The first-order valence-corrected chi connectivity index (χ1v) is 7.90. The third kappa shape index (κ3) is 4.55. The van der Waals surface area contributed by atoms with Crippen molar-refractivity contribution in [3.05, 3.63) is 0 Å². The molecule has 0 aromatic rings. The molecule has 0 aromatic carbocycles. The number of amides is 1. The summed E-state index contributed by atoms with van der Waals surface area (Å²) < 4.78 is 30.7. The van der Waals surface area contributed by atoms with Gasteiger partial charge in [-0.25, -0.2) is 13.1 Å². The number of piperidine rings is 1. The predicted octanol–water partition coefficient (Wildman–Crippen LogP) is -0.0468. The van der Waals surface area contributed by atoms with Crippen molar-refractivity contribution in [2.75, 3.05) is 33.1 Å². The topological polar surface area (TPSA) is 75.7 Å². The van der Waals surface area contributed by atoms with E-state index in [1.165, 1.54) is 13.2 Å². The lowest BCUT2D eigenvalue weighted by Gasteiger charge is -2.41. The highest BCUT2D eigenvalue weighted by Gasteiger charge is 2.37. The molecule has 0 aliphatic carbocycles. The van der Waals surface area contributed by atoms with Crippen molar-refractivity contribution in [3.8, 4) is 0 Å². The third-order valence-corrected chi connectivity index (χ3v) is 4.16. The van der Waals surface area contributed by atoms with Crippen molar-refractivity contribution in [1.82, 2.24) is 9.62 Å². The highest BCUT2D eigenvalue weighted by Crippen LogP contribution is 2.26. The molecule has 7 heteroatoms. The van der Waals surface area contributed by atoms with Gasteiger partial charge in [-0.2, -0.15) is 0 Å². The van der Waals surface area contributed by atoms with Crippen molar-refractivity contribution in [2.24, 2.45) is 0 Å². The quantitative estimate of drug-likeness (QED) is 0.765. The van der Waals surface area contributed by atoms with Crippen LogP contribution < -0.4 is 4.72 Å². The number of rotatable bonds is 5. The van der Waals surface area contributed by atoms with E-state index in [1.54, 1.807) is 12.0 Å². The second-order valence-electron chi connectivity index (χ2n) is 4.90. The number of likely N-dealkylation sites (tertiary alicyclic amines) is 1. The van der Waals surface area contributed by atoms with E-state index < -0.39 is 15.6 Å². The molecular formula is C11H22N2O4S. The van der Waals surface area contributed by atoms with Gasteiger partial charge in [-0.15, -0.1) is 0 Å². The molecule has 106 valence electrons. The van der Waals surface area contributed by atoms with E-state index in [0.717, 1.165) is 0 Å². The number of ether oxygens (including phenoxy) is 1. The monoisotopic (exact) mass is 278 g/mol. The Kier molecular flexibility index (Phi) is 5.12. The molecule has 0 spiro atoms. The second-order valence-corrected chi connectivity index (χ2v) is 6.65. The molecule has 0 radical (unpaired) electrons. The Morgan fingerprint density at radius 2 is 1.94 bits per heavy atom. The molecule has 1 aliphatic rings. The van der Waals surface area contributed by atoms with Crippen molar-refractivity contribution < 1.29 is 17.9 Å². The van der Waals surface area contributed by atoms with Gasteiger partial charge in [-0.05, 0) is 19.3 Å². The van der Waals surface area contributed by atoms with Gasteiger partial charge in [0.05, 0.1) is 6.26 Å². The Morgan fingerprint density at radius 1 is 1.39 bits per heavy atom. The number of nitrogens with one attached hydrogen (secondary N) is 1. The fourth-order valence-corrected chi connectivity index (χ4v) is 3.44. The van der Waals surface area contributed by atoms with Crippen LogP contribution >= 0.6 is 0 Å². The van der Waals surface area contributed by atoms with Crippen LogP contribution in [0.1, 0.15) is 26.2 Å². The first-order valence-electron chi connectivity index (χ1n) is 6.01. The highest BCUT2D eigenvalue weighted by atomic mass is 32.2. The van der Waals surface area contributed by atoms with Crippen molar-refractivity contribution in [2.45, 2.75) is 31.7 Å². The summed E-state index contributed by atoms with van der Waals surface area (Å²) in [6, 6.07) is 0. The minimum atomic E-state index is -3.26. The molecule has 0 bridgehead atoms. The number of carbonyl (C=O) groups excluding carboxylic acids is 1. The van der Waals surface area contributed by atoms with Gasteiger partial charge in [0.2, 0.25) is 15.9 Å². The summed E-state index contributed by atoms with van der Waals surface area (Å²) in [5, 5.41) is 0. The molecule has 1 amide bonds. The Bertz CT molecular complexity index is 386. The maximum absolute atomic E-state index is 11.5. The van der Waals surface area contributed by atoms with Crippen LogP contribution in [-0.4, -0.2) is 57.8 Å². The summed E-state index contributed by atoms with van der Waals surface area (Å²) in [6.45, 7) is 3.21. The molecule has 6 nitrogen and oxygen atoms in total. The summed E-state index contributed by atoms with van der Waals surface area (Å²) >= 11 is 0. The van der Waals surface area contributed by atoms with Gasteiger partial charge in [-0.3, -0.25) is 4.79 Å². The Labute approximate surface area is 109 Å². The van der Waals surface area contributed by atoms with E-state index in [4.69, 9.17) is 4.74 Å². The maximum atomic E-state index is 11.5. The third-order valence-electron chi connectivity index (χ3n) is 3.35. The van der Waals surface area contributed by atoms with Crippen LogP contribution in [0.25, 0.3) is 0 Å². The van der Waals surface area contributed by atoms with Gasteiger partial charge in [0.25, 0.3) is 0 Å². The van der Waals surface area contributed by atoms with Crippen LogP contribution in [-0.2, 0) is 19.6 Å². The molecule has 0 unspecified atom stereocenters. The molecule has 1 rings (SSSR count). The van der Waals surface area contributed by atoms with E-state index >= 15 is 0 Å². The zero-order chi connectivity index (χ0) is 13.8. The lowest BCUT2D eigenvalue weighted by Crippen LogP contribution is -2.56. The van der Waals surface area contributed by atoms with Crippen molar-refractivity contribution in [3.63, 3.8) is 0 Å². The molecular weight excluding hydrogens is 256 g/mol. The number of nitrogens with zero attached hydrogens (tertiary/aromatic N) is 1. The van der Waals surface area contributed by atoms with E-state index in [9.17, 15) is 13.2 Å². The number of sulfonamides is 1. The SMILES string of the molecule is COCCC1(NS(C)(=O)=O)CCN(C(C)=O)CC1. The van der Waals surface area contributed by atoms with Gasteiger partial charge in [0, 0.05) is 39.3 Å². The molecule has 0 atom stereocenters. The molecule has 1 saturated heterocycles. The molecule has 1 N–H and O–H groups in total. The summed E-state index contributed by atoms with van der Waals surface area (Å²) in [5.41, 5.74) is -0.477. The van der Waals surface area contributed by atoms with Crippen LogP contribution in [0.3, 0.4) is 0 Å². The number of methoxy groups -OCH3 is 1. The standard InChI is InChI=1S/C11H22N2O4S/c1-10(14)13-7-4-11(5-8-13,6-9-17-2)12-18(3,15)16/h12H,4-9H2,1-3H3. The Hall–Kier alpha value is -0.660. The second kappa shape index (κ2) is 5.99. The Morgan fingerprint density at radius 3 is 2.33 bits per heavy atom. The minimum absolute atomic E-state index is 0.0368. The zero-order valence-corrected chi connectivity index (χ0v) is 12.0. The van der Waals surface area contributed by atoms with Crippen LogP contribution in [0.4, 0.5) is 0 Å². The van der Waals surface area contributed by atoms with Crippen LogP contribution in [0.5, 0.6) is 0 Å². The summed E-state index contributed by atoms with van der Waals surface area (Å²) in [4.78, 5) is 13.0. The molecule has 0 saturated carbocycles. The van der Waals surface area contributed by atoms with Gasteiger partial charge in [0.1, 0.15) is 0 Å². The summed E-state index contributed by atoms with van der Waals surface area (Å²) in [6.07, 6.45) is 3.05. The van der Waals surface area contributed by atoms with Gasteiger partial charge >= 0.3 is 0 Å². The molecule has 1 aliphatic heterocycles. The first-order chi connectivity index (χ1) is 8.28. The average molecular weight is 278 g/mol. The largest absolute Gasteiger partial charge is 0.385 e. The van der Waals surface area contributed by atoms with Gasteiger partial charge in [0.15, 0.2) is 0 Å². The zero-order valence-electron chi connectivity index (χ0n) is 11.2. The number of hydrogen-bond donors (Lipinski definition) is 1. The molecule has 1 fully saturated rings. The number of hydrogen-bond acceptors (Lipinski definition) is 4. The normalized spacial score (nSPS) is 19.8. The van der Waals surface area contributed by atoms with E-state index in [1.807, 2.05) is 0 Å². The van der Waals surface area contributed by atoms with Crippen LogP contribution in [0, 0.1) is 0 Å². The van der Waals surface area contributed by atoms with E-state index in [2.05, 4.69) is 4.72 Å². The molecule has 0 aromatic heterocycles. The summed E-state index contributed by atoms with van der Waals surface area (Å²) in [5.74, 6) is 0.0368. The first kappa shape index (κ1) is 15.4. The van der Waals surface area contributed by atoms with Gasteiger partial charge < -0.3 is 9.64 Å². The summed E-state index contributed by atoms with van der Waals surface area (Å²) in [7, 11) is -1.66. The van der Waals surface area contributed by atoms with E-state index in [0.29, 0.717) is 39.0 Å². The highest BCUT2D eigenvalue weighted by molar-refractivity contribution is 7.88. The van der Waals surface area contributed by atoms with Crippen LogP contribution in [0.15, 0.2) is 0 Å². The average Bonchev–Trinajstić information content (AvgIpc) is 2.25. The van der Waals surface area contributed by atoms with Crippen LogP contribution in [0.2, 0.25) is 0 Å². The predicted molar refractivity (Wildman–Crippen MR) is 68.7 cm³/mol. The van der Waals surface area contributed by atoms with Crippen molar-refractivity contribution in [1.29, 1.82) is 0 Å². The minimum Gasteiger partial charge on any atom is -0.385 e. The fraction of sp³-hybridized carbons (Fsp3) is 0.909.